The van der Waals surface area contributed by atoms with Gasteiger partial charge in [0.15, 0.2) is 0 Å². The maximum Gasteiger partial charge on any atom is 0.417 e. The quantitative estimate of drug-likeness (QED) is 0.870. The lowest BCUT2D eigenvalue weighted by molar-refractivity contribution is -0.137. The number of hydrogen-bond donors (Lipinski definition) is 2. The summed E-state index contributed by atoms with van der Waals surface area (Å²) in [5.41, 5.74) is 4.17. The van der Waals surface area contributed by atoms with Crippen LogP contribution in [0.2, 0.25) is 5.02 Å². The van der Waals surface area contributed by atoms with E-state index in [0.717, 1.165) is 12.1 Å². The SMILES string of the molecule is CCC(CN)NS(=O)(=O)c1ccc(Cl)c(C(F)(F)F)c1. The molecule has 0 amide bonds. The Bertz CT molecular complexity index is 572. The summed E-state index contributed by atoms with van der Waals surface area (Å²) >= 11 is 5.44. The van der Waals surface area contributed by atoms with Crippen LogP contribution in [0.4, 0.5) is 13.2 Å². The van der Waals surface area contributed by atoms with Crippen LogP contribution in [-0.2, 0) is 16.2 Å². The Morgan fingerprint density at radius 2 is 2.00 bits per heavy atom. The number of nitrogens with two attached hydrogens (primary N) is 1. The minimum Gasteiger partial charge on any atom is -0.329 e. The Balaban J connectivity index is 3.20. The van der Waals surface area contributed by atoms with E-state index in [9.17, 15) is 21.6 Å². The number of halogens is 4. The molecular formula is C11H14ClF3N2O2S. The van der Waals surface area contributed by atoms with Crippen molar-refractivity contribution in [2.45, 2.75) is 30.5 Å². The molecule has 0 spiro atoms. The molecule has 9 heteroatoms. The fourth-order valence-electron chi connectivity index (χ4n) is 1.47. The van der Waals surface area contributed by atoms with Gasteiger partial charge in [0.1, 0.15) is 0 Å². The molecule has 1 unspecified atom stereocenters. The van der Waals surface area contributed by atoms with E-state index >= 15 is 0 Å². The zero-order valence-electron chi connectivity index (χ0n) is 10.5. The first-order valence-corrected chi connectivity index (χ1v) is 7.57. The van der Waals surface area contributed by atoms with Crippen LogP contribution in [0, 0.1) is 0 Å². The smallest absolute Gasteiger partial charge is 0.329 e. The first-order valence-electron chi connectivity index (χ1n) is 5.71. The van der Waals surface area contributed by atoms with E-state index in [0.29, 0.717) is 12.5 Å². The number of sulfonamides is 1. The highest BCUT2D eigenvalue weighted by molar-refractivity contribution is 7.89. The maximum atomic E-state index is 12.7. The molecule has 1 rings (SSSR count). The zero-order chi connectivity index (χ0) is 15.6. The third-order valence-corrected chi connectivity index (χ3v) is 4.50. The molecule has 0 bridgehead atoms. The van der Waals surface area contributed by atoms with E-state index in [4.69, 9.17) is 17.3 Å². The molecule has 0 aromatic heterocycles. The van der Waals surface area contributed by atoms with E-state index in [1.807, 2.05) is 0 Å². The lowest BCUT2D eigenvalue weighted by Crippen LogP contribution is -2.39. The van der Waals surface area contributed by atoms with Crippen molar-refractivity contribution in [2.75, 3.05) is 6.54 Å². The summed E-state index contributed by atoms with van der Waals surface area (Å²) in [5, 5.41) is -0.553. The van der Waals surface area contributed by atoms with Crippen LogP contribution in [0.5, 0.6) is 0 Å². The van der Waals surface area contributed by atoms with Crippen molar-refractivity contribution in [3.05, 3.63) is 28.8 Å². The second-order valence-electron chi connectivity index (χ2n) is 4.10. The summed E-state index contributed by atoms with van der Waals surface area (Å²) in [6.07, 6.45) is -4.30. The zero-order valence-corrected chi connectivity index (χ0v) is 12.1. The van der Waals surface area contributed by atoms with E-state index in [2.05, 4.69) is 4.72 Å². The Kier molecular flexibility index (Phi) is 5.42. The summed E-state index contributed by atoms with van der Waals surface area (Å²) < 4.78 is 64.3. The fraction of sp³-hybridized carbons (Fsp3) is 0.455. The van der Waals surface area contributed by atoms with Gasteiger partial charge in [-0.1, -0.05) is 18.5 Å². The molecule has 0 aliphatic heterocycles. The Hall–Kier alpha value is -0.830. The number of rotatable bonds is 5. The molecule has 0 aliphatic carbocycles. The molecule has 4 nitrogen and oxygen atoms in total. The van der Waals surface area contributed by atoms with Gasteiger partial charge in [-0.25, -0.2) is 13.1 Å². The van der Waals surface area contributed by atoms with Crippen molar-refractivity contribution in [1.82, 2.24) is 4.72 Å². The Labute approximate surface area is 120 Å². The van der Waals surface area contributed by atoms with Crippen molar-refractivity contribution >= 4 is 21.6 Å². The highest BCUT2D eigenvalue weighted by Gasteiger charge is 2.34. The third-order valence-electron chi connectivity index (χ3n) is 2.65. The summed E-state index contributed by atoms with van der Waals surface area (Å²) in [5.74, 6) is 0. The predicted molar refractivity (Wildman–Crippen MR) is 69.9 cm³/mol. The molecule has 0 fully saturated rings. The normalized spacial score (nSPS) is 14.3. The van der Waals surface area contributed by atoms with Crippen molar-refractivity contribution in [3.8, 4) is 0 Å². The summed E-state index contributed by atoms with van der Waals surface area (Å²) in [6.45, 7) is 1.76. The summed E-state index contributed by atoms with van der Waals surface area (Å²) in [6, 6.07) is 1.89. The Morgan fingerprint density at radius 1 is 1.40 bits per heavy atom. The Morgan fingerprint density at radius 3 is 2.45 bits per heavy atom. The minimum absolute atomic E-state index is 0.0510. The second kappa shape index (κ2) is 6.30. The second-order valence-corrected chi connectivity index (χ2v) is 6.22. The van der Waals surface area contributed by atoms with Gasteiger partial charge in [0.2, 0.25) is 10.0 Å². The first kappa shape index (κ1) is 17.2. The van der Waals surface area contributed by atoms with E-state index < -0.39 is 37.7 Å². The number of benzene rings is 1. The maximum absolute atomic E-state index is 12.7. The molecule has 3 N–H and O–H groups in total. The first-order chi connectivity index (χ1) is 9.11. The summed E-state index contributed by atoms with van der Waals surface area (Å²) in [4.78, 5) is -0.499. The highest BCUT2D eigenvalue weighted by atomic mass is 35.5. The van der Waals surface area contributed by atoms with Gasteiger partial charge in [-0.2, -0.15) is 13.2 Å². The number of nitrogens with one attached hydrogen (secondary N) is 1. The van der Waals surface area contributed by atoms with Gasteiger partial charge in [-0.05, 0) is 24.6 Å². The highest BCUT2D eigenvalue weighted by Crippen LogP contribution is 2.35. The topological polar surface area (TPSA) is 72.2 Å². The van der Waals surface area contributed by atoms with Crippen LogP contribution in [0.1, 0.15) is 18.9 Å². The molecule has 1 atom stereocenters. The molecule has 0 saturated heterocycles. The van der Waals surface area contributed by atoms with Gasteiger partial charge in [-0.15, -0.1) is 0 Å². The standard InChI is InChI=1S/C11H14ClF3N2O2S/c1-2-7(6-16)17-20(18,19)8-3-4-10(12)9(5-8)11(13,14)15/h3-5,7,17H,2,6,16H2,1H3. The third kappa shape index (κ3) is 4.08. The van der Waals surface area contributed by atoms with Crippen molar-refractivity contribution < 1.29 is 21.6 Å². The molecular weight excluding hydrogens is 317 g/mol. The van der Waals surface area contributed by atoms with Crippen molar-refractivity contribution in [2.24, 2.45) is 5.73 Å². The van der Waals surface area contributed by atoms with Crippen LogP contribution in [0.3, 0.4) is 0 Å². The van der Waals surface area contributed by atoms with Gasteiger partial charge in [0.05, 0.1) is 15.5 Å². The van der Waals surface area contributed by atoms with Gasteiger partial charge >= 0.3 is 6.18 Å². The van der Waals surface area contributed by atoms with Crippen LogP contribution in [0.25, 0.3) is 0 Å². The van der Waals surface area contributed by atoms with Crippen LogP contribution < -0.4 is 10.5 Å². The molecule has 1 aromatic carbocycles. The number of hydrogen-bond acceptors (Lipinski definition) is 3. The van der Waals surface area contributed by atoms with Crippen molar-refractivity contribution in [3.63, 3.8) is 0 Å². The van der Waals surface area contributed by atoms with Crippen LogP contribution >= 0.6 is 11.6 Å². The number of alkyl halides is 3. The van der Waals surface area contributed by atoms with E-state index in [1.54, 1.807) is 6.92 Å². The molecule has 0 aliphatic rings. The summed E-state index contributed by atoms with van der Waals surface area (Å²) in [7, 11) is -4.07. The fourth-order valence-corrected chi connectivity index (χ4v) is 3.06. The van der Waals surface area contributed by atoms with Gasteiger partial charge in [0, 0.05) is 12.6 Å². The van der Waals surface area contributed by atoms with Crippen molar-refractivity contribution in [1.29, 1.82) is 0 Å². The van der Waals surface area contributed by atoms with Crippen LogP contribution in [0.15, 0.2) is 23.1 Å². The van der Waals surface area contributed by atoms with Crippen LogP contribution in [-0.4, -0.2) is 21.0 Å². The lowest BCUT2D eigenvalue weighted by atomic mass is 10.2. The lowest BCUT2D eigenvalue weighted by Gasteiger charge is -2.16. The molecule has 0 saturated carbocycles. The minimum atomic E-state index is -4.72. The molecule has 1 aromatic rings. The molecule has 0 radical (unpaired) electrons. The molecule has 0 heterocycles. The van der Waals surface area contributed by atoms with E-state index in [-0.39, 0.29) is 6.54 Å². The van der Waals surface area contributed by atoms with Gasteiger partial charge < -0.3 is 5.73 Å². The average molecular weight is 331 g/mol. The molecule has 114 valence electrons. The monoisotopic (exact) mass is 330 g/mol. The van der Waals surface area contributed by atoms with Gasteiger partial charge in [-0.3, -0.25) is 0 Å². The average Bonchev–Trinajstić information content (AvgIpc) is 2.34. The largest absolute Gasteiger partial charge is 0.417 e. The molecule has 20 heavy (non-hydrogen) atoms. The van der Waals surface area contributed by atoms with E-state index in [1.165, 1.54) is 0 Å². The predicted octanol–water partition coefficient (Wildman–Crippen LogP) is 2.37. The van der Waals surface area contributed by atoms with Gasteiger partial charge in [0.25, 0.3) is 0 Å².